The molecule has 2 nitrogen and oxygen atoms in total. The normalized spacial score (nSPS) is 14.8. The summed E-state index contributed by atoms with van der Waals surface area (Å²) in [4.78, 5) is 0. The Morgan fingerprint density at radius 1 is 1.23 bits per heavy atom. The second-order valence-electron chi connectivity index (χ2n) is 5.61. The van der Waals surface area contributed by atoms with E-state index in [2.05, 4.69) is 63.0 Å². The molecule has 0 aliphatic carbocycles. The summed E-state index contributed by atoms with van der Waals surface area (Å²) in [7, 11) is 1.69. The van der Waals surface area contributed by atoms with Crippen LogP contribution in [-0.2, 0) is 4.74 Å². The molecule has 0 saturated carbocycles. The molecule has 0 aromatic heterocycles. The maximum absolute atomic E-state index is 5.29. The predicted molar refractivity (Wildman–Crippen MR) is 95.7 cm³/mol. The van der Waals surface area contributed by atoms with Crippen molar-refractivity contribution in [3.05, 3.63) is 72.0 Å². The Balaban J connectivity index is 2.47. The standard InChI is InChI=1S/C20H29NO/c1-6-10-20(22-5)14-13-16(2)15-17(3)21-18(4)19-11-8-7-9-12-19/h7-14,17-18,21H,2,6,15H2,1,3-5H3/b14-13-,20-10+/t17-,18-/m1/s1. The van der Waals surface area contributed by atoms with Crippen molar-refractivity contribution < 1.29 is 4.74 Å². The van der Waals surface area contributed by atoms with Crippen molar-refractivity contribution in [2.24, 2.45) is 0 Å². The number of ether oxygens (including phenoxy) is 1. The van der Waals surface area contributed by atoms with E-state index >= 15 is 0 Å². The number of nitrogens with one attached hydrogen (secondary N) is 1. The van der Waals surface area contributed by atoms with Gasteiger partial charge in [-0.3, -0.25) is 0 Å². The lowest BCUT2D eigenvalue weighted by molar-refractivity contribution is 0.305. The molecule has 1 aromatic rings. The molecule has 0 aliphatic heterocycles. The molecule has 2 heteroatoms. The van der Waals surface area contributed by atoms with Gasteiger partial charge in [-0.25, -0.2) is 0 Å². The van der Waals surface area contributed by atoms with Gasteiger partial charge in [-0.1, -0.05) is 55.5 Å². The minimum absolute atomic E-state index is 0.336. The van der Waals surface area contributed by atoms with Crippen LogP contribution in [0.25, 0.3) is 0 Å². The Hall–Kier alpha value is -1.80. The molecule has 0 heterocycles. The number of rotatable bonds is 9. The highest BCUT2D eigenvalue weighted by Gasteiger charge is 2.09. The topological polar surface area (TPSA) is 21.3 Å². The zero-order valence-electron chi connectivity index (χ0n) is 14.3. The molecule has 1 aromatic carbocycles. The summed E-state index contributed by atoms with van der Waals surface area (Å²) in [5.74, 6) is 0.891. The lowest BCUT2D eigenvalue weighted by atomic mass is 10.0. The molecule has 22 heavy (non-hydrogen) atoms. The zero-order chi connectivity index (χ0) is 16.4. The van der Waals surface area contributed by atoms with Gasteiger partial charge in [-0.2, -0.15) is 0 Å². The molecule has 0 fully saturated rings. The van der Waals surface area contributed by atoms with E-state index in [9.17, 15) is 0 Å². The highest BCUT2D eigenvalue weighted by Crippen LogP contribution is 2.15. The summed E-state index contributed by atoms with van der Waals surface area (Å²) >= 11 is 0. The minimum Gasteiger partial charge on any atom is -0.497 e. The first-order valence-corrected chi connectivity index (χ1v) is 7.97. The third kappa shape index (κ3) is 6.77. The minimum atomic E-state index is 0.336. The molecule has 0 radical (unpaired) electrons. The average molecular weight is 299 g/mol. The molecule has 2 atom stereocenters. The second kappa shape index (κ2) is 10.0. The van der Waals surface area contributed by atoms with Crippen molar-refractivity contribution in [3.8, 4) is 0 Å². The van der Waals surface area contributed by atoms with E-state index in [0.717, 1.165) is 24.2 Å². The molecule has 0 bridgehead atoms. The zero-order valence-corrected chi connectivity index (χ0v) is 14.3. The summed E-state index contributed by atoms with van der Waals surface area (Å²) in [5, 5.41) is 3.61. The van der Waals surface area contributed by atoms with Gasteiger partial charge >= 0.3 is 0 Å². The molecule has 1 rings (SSSR count). The van der Waals surface area contributed by atoms with Crippen LogP contribution in [-0.4, -0.2) is 13.2 Å². The van der Waals surface area contributed by atoms with Gasteiger partial charge in [0, 0.05) is 12.1 Å². The Morgan fingerprint density at radius 3 is 2.50 bits per heavy atom. The first-order chi connectivity index (χ1) is 10.6. The SMILES string of the molecule is C=C(/C=C\C(=C/CC)OC)C[C@@H](C)N[C@H](C)c1ccccc1. The summed E-state index contributed by atoms with van der Waals surface area (Å²) in [6.07, 6.45) is 7.96. The van der Waals surface area contributed by atoms with Crippen LogP contribution in [0.4, 0.5) is 0 Å². The van der Waals surface area contributed by atoms with Gasteiger partial charge in [0.2, 0.25) is 0 Å². The van der Waals surface area contributed by atoms with Crippen LogP contribution in [0.3, 0.4) is 0 Å². The molecular weight excluding hydrogens is 270 g/mol. The second-order valence-corrected chi connectivity index (χ2v) is 5.61. The van der Waals surface area contributed by atoms with Crippen LogP contribution in [0.2, 0.25) is 0 Å². The van der Waals surface area contributed by atoms with Crippen LogP contribution in [0.5, 0.6) is 0 Å². The van der Waals surface area contributed by atoms with Gasteiger partial charge in [-0.05, 0) is 44.4 Å². The molecule has 0 unspecified atom stereocenters. The van der Waals surface area contributed by atoms with Gasteiger partial charge in [0.05, 0.1) is 7.11 Å². The molecule has 0 spiro atoms. The van der Waals surface area contributed by atoms with Gasteiger partial charge < -0.3 is 10.1 Å². The number of hydrogen-bond acceptors (Lipinski definition) is 2. The number of methoxy groups -OCH3 is 1. The molecule has 120 valence electrons. The van der Waals surface area contributed by atoms with Crippen LogP contribution in [0.1, 0.15) is 45.2 Å². The van der Waals surface area contributed by atoms with Crippen LogP contribution in [0, 0.1) is 0 Å². The van der Waals surface area contributed by atoms with E-state index in [1.54, 1.807) is 7.11 Å². The van der Waals surface area contributed by atoms with E-state index in [1.165, 1.54) is 5.56 Å². The summed E-state index contributed by atoms with van der Waals surface area (Å²) in [5.41, 5.74) is 2.40. The first kappa shape index (κ1) is 18.2. The fourth-order valence-electron chi connectivity index (χ4n) is 2.41. The summed E-state index contributed by atoms with van der Waals surface area (Å²) < 4.78 is 5.29. The van der Waals surface area contributed by atoms with Crippen LogP contribution < -0.4 is 5.32 Å². The molecule has 0 saturated heterocycles. The van der Waals surface area contributed by atoms with Crippen molar-refractivity contribution in [1.29, 1.82) is 0 Å². The summed E-state index contributed by atoms with van der Waals surface area (Å²) in [6.45, 7) is 10.6. The maximum atomic E-state index is 5.29. The van der Waals surface area contributed by atoms with E-state index in [0.29, 0.717) is 12.1 Å². The van der Waals surface area contributed by atoms with Gasteiger partial charge in [0.1, 0.15) is 5.76 Å². The van der Waals surface area contributed by atoms with Crippen molar-refractivity contribution in [3.63, 3.8) is 0 Å². The molecule has 1 N–H and O–H groups in total. The van der Waals surface area contributed by atoms with Crippen molar-refractivity contribution in [2.75, 3.05) is 7.11 Å². The quantitative estimate of drug-likeness (QED) is 0.502. The van der Waals surface area contributed by atoms with Crippen molar-refractivity contribution >= 4 is 0 Å². The van der Waals surface area contributed by atoms with Gasteiger partial charge in [0.15, 0.2) is 0 Å². The maximum Gasteiger partial charge on any atom is 0.114 e. The van der Waals surface area contributed by atoms with E-state index in [4.69, 9.17) is 4.74 Å². The van der Waals surface area contributed by atoms with Crippen LogP contribution in [0.15, 0.2) is 66.5 Å². The van der Waals surface area contributed by atoms with Crippen molar-refractivity contribution in [2.45, 2.75) is 45.7 Å². The average Bonchev–Trinajstić information content (AvgIpc) is 2.52. The molecular formula is C20H29NO. The number of allylic oxidation sites excluding steroid dienone is 3. The first-order valence-electron chi connectivity index (χ1n) is 7.97. The monoisotopic (exact) mass is 299 g/mol. The molecule has 0 aliphatic rings. The van der Waals surface area contributed by atoms with Gasteiger partial charge in [0.25, 0.3) is 0 Å². The highest BCUT2D eigenvalue weighted by molar-refractivity contribution is 5.24. The fraction of sp³-hybridized carbons (Fsp3) is 0.400. The predicted octanol–water partition coefficient (Wildman–Crippen LogP) is 5.17. The van der Waals surface area contributed by atoms with E-state index < -0.39 is 0 Å². The lowest BCUT2D eigenvalue weighted by Crippen LogP contribution is -2.29. The third-order valence-corrected chi connectivity index (χ3v) is 3.53. The number of hydrogen-bond donors (Lipinski definition) is 1. The summed E-state index contributed by atoms with van der Waals surface area (Å²) in [6, 6.07) is 11.2. The molecule has 0 amide bonds. The van der Waals surface area contributed by atoms with E-state index in [1.807, 2.05) is 18.2 Å². The Labute approximate surface area is 135 Å². The van der Waals surface area contributed by atoms with Crippen LogP contribution >= 0.6 is 0 Å². The third-order valence-electron chi connectivity index (χ3n) is 3.53. The largest absolute Gasteiger partial charge is 0.497 e. The Kier molecular flexibility index (Phi) is 8.31. The Bertz CT molecular complexity index is 502. The number of benzene rings is 1. The smallest absolute Gasteiger partial charge is 0.114 e. The van der Waals surface area contributed by atoms with Gasteiger partial charge in [-0.15, -0.1) is 0 Å². The van der Waals surface area contributed by atoms with E-state index in [-0.39, 0.29) is 0 Å². The lowest BCUT2D eigenvalue weighted by Gasteiger charge is -2.20. The fourth-order valence-corrected chi connectivity index (χ4v) is 2.41. The highest BCUT2D eigenvalue weighted by atomic mass is 16.5. The van der Waals surface area contributed by atoms with Crippen molar-refractivity contribution in [1.82, 2.24) is 5.32 Å². The Morgan fingerprint density at radius 2 is 1.91 bits per heavy atom.